The number of carbonyl (C=O) groups is 1. The molecule has 5 rings (SSSR count). The molecule has 2 atom stereocenters. The predicted octanol–water partition coefficient (Wildman–Crippen LogP) is 4.04. The van der Waals surface area contributed by atoms with Crippen molar-refractivity contribution in [2.45, 2.75) is 56.2 Å². The lowest BCUT2D eigenvalue weighted by Gasteiger charge is -2.46. The Morgan fingerprint density at radius 2 is 1.76 bits per heavy atom. The van der Waals surface area contributed by atoms with Gasteiger partial charge in [-0.05, 0) is 61.9 Å². The van der Waals surface area contributed by atoms with Crippen LogP contribution in [0.2, 0.25) is 0 Å². The molecule has 2 saturated heterocycles. The summed E-state index contributed by atoms with van der Waals surface area (Å²) in [6, 6.07) is 17.0. The average Bonchev–Trinajstić information content (AvgIpc) is 3.26. The molecule has 6 nitrogen and oxygen atoms in total. The lowest BCUT2D eigenvalue weighted by Crippen LogP contribution is -2.59. The molecular formula is C26H31FN4O2. The van der Waals surface area contributed by atoms with Gasteiger partial charge in [0.05, 0.1) is 17.3 Å². The van der Waals surface area contributed by atoms with Gasteiger partial charge in [-0.3, -0.25) is 5.01 Å². The molecular weight excluding hydrogens is 419 g/mol. The predicted molar refractivity (Wildman–Crippen MR) is 127 cm³/mol. The number of hydrogen-bond acceptors (Lipinski definition) is 4. The van der Waals surface area contributed by atoms with Crippen LogP contribution in [0.3, 0.4) is 0 Å². The van der Waals surface area contributed by atoms with E-state index in [2.05, 4.69) is 17.2 Å². The fraction of sp³-hybridized carbons (Fsp3) is 0.462. The highest BCUT2D eigenvalue weighted by atomic mass is 19.1. The minimum absolute atomic E-state index is 0.0355. The van der Waals surface area contributed by atoms with Crippen LogP contribution in [-0.2, 0) is 6.42 Å². The number of urea groups is 1. The summed E-state index contributed by atoms with van der Waals surface area (Å²) < 4.78 is 13.3. The first kappa shape index (κ1) is 21.9. The lowest BCUT2D eigenvalue weighted by molar-refractivity contribution is -0.0295. The number of aliphatic hydroxyl groups is 1. The summed E-state index contributed by atoms with van der Waals surface area (Å²) >= 11 is 0. The Hall–Kier alpha value is -2.93. The quantitative estimate of drug-likeness (QED) is 0.748. The minimum atomic E-state index is -0.828. The maximum Gasteiger partial charge on any atom is 0.320 e. The van der Waals surface area contributed by atoms with Gasteiger partial charge in [-0.15, -0.1) is 0 Å². The number of benzene rings is 2. The summed E-state index contributed by atoms with van der Waals surface area (Å²) in [6.45, 7) is 1.94. The van der Waals surface area contributed by atoms with Crippen LogP contribution in [0.25, 0.3) is 0 Å². The van der Waals surface area contributed by atoms with Crippen molar-refractivity contribution in [3.8, 4) is 0 Å². The van der Waals surface area contributed by atoms with Crippen molar-refractivity contribution in [2.24, 2.45) is 5.10 Å². The van der Waals surface area contributed by atoms with E-state index in [4.69, 9.17) is 0 Å². The zero-order valence-corrected chi connectivity index (χ0v) is 18.8. The van der Waals surface area contributed by atoms with E-state index in [0.717, 1.165) is 31.5 Å². The van der Waals surface area contributed by atoms with Crippen LogP contribution in [0, 0.1) is 5.82 Å². The monoisotopic (exact) mass is 450 g/mol. The van der Waals surface area contributed by atoms with Crippen LogP contribution in [0.5, 0.6) is 0 Å². The Balaban J connectivity index is 1.15. The first-order chi connectivity index (χ1) is 16.0. The summed E-state index contributed by atoms with van der Waals surface area (Å²) in [5.41, 5.74) is 1.26. The van der Waals surface area contributed by atoms with Gasteiger partial charge in [-0.1, -0.05) is 30.3 Å². The average molecular weight is 451 g/mol. The summed E-state index contributed by atoms with van der Waals surface area (Å²) in [5.74, 6) is -0.276. The van der Waals surface area contributed by atoms with Gasteiger partial charge in [-0.25, -0.2) is 9.18 Å². The van der Waals surface area contributed by atoms with Crippen molar-refractivity contribution in [1.82, 2.24) is 9.80 Å². The van der Waals surface area contributed by atoms with Crippen molar-refractivity contribution in [2.75, 3.05) is 24.6 Å². The van der Waals surface area contributed by atoms with Gasteiger partial charge in [0.15, 0.2) is 0 Å². The zero-order chi connectivity index (χ0) is 22.8. The number of nitrogens with zero attached hydrogens (tertiary/aromatic N) is 4. The normalized spacial score (nSPS) is 24.1. The molecule has 174 valence electrons. The highest BCUT2D eigenvalue weighted by Gasteiger charge is 2.41. The molecule has 2 amide bonds. The number of piperidine rings is 1. The number of hydrogen-bond donors (Lipinski definition) is 1. The molecule has 1 unspecified atom stereocenters. The van der Waals surface area contributed by atoms with Gasteiger partial charge in [0.1, 0.15) is 5.82 Å². The number of amides is 2. The SMILES string of the molecule is O=C(N1CCC(O)(CC2CC=NN2c2ccc(F)cc2)CC1)N1CC[C@H]1Cc1ccccc1. The van der Waals surface area contributed by atoms with Crippen LogP contribution in [0.15, 0.2) is 59.7 Å². The third-order valence-electron chi connectivity index (χ3n) is 7.30. The number of hydrazone groups is 1. The van der Waals surface area contributed by atoms with Crippen molar-refractivity contribution in [1.29, 1.82) is 0 Å². The smallest absolute Gasteiger partial charge is 0.320 e. The topological polar surface area (TPSA) is 59.4 Å². The summed E-state index contributed by atoms with van der Waals surface area (Å²) in [5, 5.41) is 17.6. The molecule has 3 heterocycles. The number of carbonyl (C=O) groups excluding carboxylic acids is 1. The van der Waals surface area contributed by atoms with Gasteiger partial charge in [0, 0.05) is 38.3 Å². The molecule has 0 spiro atoms. The zero-order valence-electron chi connectivity index (χ0n) is 18.8. The largest absolute Gasteiger partial charge is 0.390 e. The highest BCUT2D eigenvalue weighted by Crippen LogP contribution is 2.34. The molecule has 33 heavy (non-hydrogen) atoms. The van der Waals surface area contributed by atoms with E-state index in [0.29, 0.717) is 32.4 Å². The third kappa shape index (κ3) is 4.74. The maximum atomic E-state index is 13.3. The summed E-state index contributed by atoms with van der Waals surface area (Å²) in [6.07, 6.45) is 6.23. The second-order valence-electron chi connectivity index (χ2n) is 9.53. The minimum Gasteiger partial charge on any atom is -0.390 e. The second kappa shape index (κ2) is 9.14. The maximum absolute atomic E-state index is 13.3. The van der Waals surface area contributed by atoms with E-state index in [1.165, 1.54) is 17.7 Å². The number of rotatable bonds is 5. The number of anilines is 1. The number of halogens is 1. The molecule has 0 saturated carbocycles. The van der Waals surface area contributed by atoms with Crippen molar-refractivity contribution in [3.63, 3.8) is 0 Å². The molecule has 7 heteroatoms. The van der Waals surface area contributed by atoms with E-state index in [1.54, 1.807) is 12.1 Å². The van der Waals surface area contributed by atoms with Crippen molar-refractivity contribution < 1.29 is 14.3 Å². The molecule has 0 aromatic heterocycles. The van der Waals surface area contributed by atoms with Gasteiger partial charge in [0.25, 0.3) is 0 Å². The van der Waals surface area contributed by atoms with Crippen LogP contribution in [0.4, 0.5) is 14.9 Å². The summed E-state index contributed by atoms with van der Waals surface area (Å²) in [4.78, 5) is 17.0. The molecule has 0 aliphatic carbocycles. The molecule has 0 radical (unpaired) electrons. The van der Waals surface area contributed by atoms with E-state index in [-0.39, 0.29) is 23.9 Å². The molecule has 2 aromatic carbocycles. The van der Waals surface area contributed by atoms with E-state index in [1.807, 2.05) is 39.2 Å². The standard InChI is InChI=1S/C26H31FN4O2/c27-21-6-8-22(9-7-21)31-24(10-14-28-31)19-26(33)12-16-29(17-13-26)25(32)30-15-11-23(30)18-20-4-2-1-3-5-20/h1-9,14,23-24,33H,10-13,15-19H2/t23-,24?/m0/s1. The first-order valence-corrected chi connectivity index (χ1v) is 11.9. The molecule has 0 bridgehead atoms. The third-order valence-corrected chi connectivity index (χ3v) is 7.30. The summed E-state index contributed by atoms with van der Waals surface area (Å²) in [7, 11) is 0. The van der Waals surface area contributed by atoms with Crippen LogP contribution >= 0.6 is 0 Å². The highest BCUT2D eigenvalue weighted by molar-refractivity contribution is 5.76. The van der Waals surface area contributed by atoms with Crippen molar-refractivity contribution in [3.05, 3.63) is 66.0 Å². The number of likely N-dealkylation sites (tertiary alicyclic amines) is 2. The Labute approximate surface area is 194 Å². The Morgan fingerprint density at radius 3 is 2.42 bits per heavy atom. The Morgan fingerprint density at radius 1 is 1.03 bits per heavy atom. The Kier molecular flexibility index (Phi) is 6.06. The van der Waals surface area contributed by atoms with Crippen LogP contribution in [0.1, 0.15) is 37.7 Å². The van der Waals surface area contributed by atoms with E-state index in [9.17, 15) is 14.3 Å². The molecule has 2 fully saturated rings. The molecule has 2 aromatic rings. The van der Waals surface area contributed by atoms with E-state index >= 15 is 0 Å². The van der Waals surface area contributed by atoms with Gasteiger partial charge in [-0.2, -0.15) is 5.10 Å². The van der Waals surface area contributed by atoms with Gasteiger partial charge >= 0.3 is 6.03 Å². The first-order valence-electron chi connectivity index (χ1n) is 11.9. The van der Waals surface area contributed by atoms with Crippen LogP contribution in [-0.4, -0.2) is 64.5 Å². The van der Waals surface area contributed by atoms with Gasteiger partial charge < -0.3 is 14.9 Å². The van der Waals surface area contributed by atoms with Crippen LogP contribution < -0.4 is 5.01 Å². The van der Waals surface area contributed by atoms with E-state index < -0.39 is 5.60 Å². The fourth-order valence-corrected chi connectivity index (χ4v) is 5.22. The van der Waals surface area contributed by atoms with Crippen molar-refractivity contribution >= 4 is 17.9 Å². The Bertz CT molecular complexity index is 989. The fourth-order valence-electron chi connectivity index (χ4n) is 5.22. The molecule has 1 N–H and O–H groups in total. The second-order valence-corrected chi connectivity index (χ2v) is 9.53. The molecule has 3 aliphatic rings. The van der Waals surface area contributed by atoms with Gasteiger partial charge in [0.2, 0.25) is 0 Å². The lowest BCUT2D eigenvalue weighted by atomic mass is 9.84. The molecule has 3 aliphatic heterocycles.